The molecule has 1 amide bonds. The number of carbonyl (C=O) groups is 2. The SMILES string of the molecule is CCC1SCC(C(=O)O)N1C(=O)CC(F)(F)F. The molecule has 0 saturated carbocycles. The average Bonchev–Trinajstić information content (AvgIpc) is 2.57. The summed E-state index contributed by atoms with van der Waals surface area (Å²) >= 11 is 1.20. The molecule has 4 nitrogen and oxygen atoms in total. The van der Waals surface area contributed by atoms with Crippen molar-refractivity contribution in [2.75, 3.05) is 5.75 Å². The van der Waals surface area contributed by atoms with Gasteiger partial charge in [-0.3, -0.25) is 4.79 Å². The number of hydrogen-bond acceptors (Lipinski definition) is 3. The van der Waals surface area contributed by atoms with Gasteiger partial charge in [-0.1, -0.05) is 6.92 Å². The second-order valence-electron chi connectivity index (χ2n) is 3.64. The van der Waals surface area contributed by atoms with Crippen LogP contribution in [-0.2, 0) is 9.59 Å². The van der Waals surface area contributed by atoms with E-state index in [1.165, 1.54) is 11.8 Å². The van der Waals surface area contributed by atoms with Gasteiger partial charge in [0, 0.05) is 5.75 Å². The van der Waals surface area contributed by atoms with Gasteiger partial charge in [-0.15, -0.1) is 11.8 Å². The molecule has 0 spiro atoms. The number of thioether (sulfide) groups is 1. The van der Waals surface area contributed by atoms with E-state index in [1.807, 2.05) is 0 Å². The van der Waals surface area contributed by atoms with Gasteiger partial charge in [0.1, 0.15) is 12.5 Å². The summed E-state index contributed by atoms with van der Waals surface area (Å²) in [6.07, 6.45) is -5.78. The minimum atomic E-state index is -4.61. The minimum Gasteiger partial charge on any atom is -0.480 e. The van der Waals surface area contributed by atoms with E-state index < -0.39 is 35.9 Å². The molecular formula is C9H12F3NO3S. The Labute approximate surface area is 100 Å². The standard InChI is InChI=1S/C9H12F3NO3S/c1-2-7-13(5(4-17-7)8(15)16)6(14)3-9(10,11)12/h5,7H,2-4H2,1H3,(H,15,16). The van der Waals surface area contributed by atoms with E-state index in [9.17, 15) is 22.8 Å². The number of rotatable bonds is 3. The molecule has 0 aliphatic carbocycles. The van der Waals surface area contributed by atoms with Crippen molar-refractivity contribution in [3.63, 3.8) is 0 Å². The molecule has 98 valence electrons. The molecular weight excluding hydrogens is 259 g/mol. The smallest absolute Gasteiger partial charge is 0.397 e. The number of aliphatic carboxylic acids is 1. The molecule has 1 saturated heterocycles. The lowest BCUT2D eigenvalue weighted by atomic mass is 10.2. The fourth-order valence-electron chi connectivity index (χ4n) is 1.67. The van der Waals surface area contributed by atoms with Crippen LogP contribution in [0.1, 0.15) is 19.8 Å². The first-order valence-corrected chi connectivity index (χ1v) is 6.03. The summed E-state index contributed by atoms with van der Waals surface area (Å²) in [5.41, 5.74) is 0. The number of halogens is 3. The highest BCUT2D eigenvalue weighted by atomic mass is 32.2. The molecule has 0 aromatic carbocycles. The summed E-state index contributed by atoms with van der Waals surface area (Å²) < 4.78 is 36.4. The maximum Gasteiger partial charge on any atom is 0.397 e. The zero-order valence-electron chi connectivity index (χ0n) is 9.03. The molecule has 1 aliphatic heterocycles. The number of amides is 1. The van der Waals surface area contributed by atoms with Crippen LogP contribution in [0.25, 0.3) is 0 Å². The summed E-state index contributed by atoms with van der Waals surface area (Å²) in [5, 5.41) is 8.38. The quantitative estimate of drug-likeness (QED) is 0.849. The van der Waals surface area contributed by atoms with Gasteiger partial charge in [-0.05, 0) is 6.42 Å². The normalized spacial score (nSPS) is 25.1. The van der Waals surface area contributed by atoms with Gasteiger partial charge in [-0.2, -0.15) is 13.2 Å². The van der Waals surface area contributed by atoms with E-state index in [2.05, 4.69) is 0 Å². The van der Waals surface area contributed by atoms with Crippen LogP contribution in [0.5, 0.6) is 0 Å². The maximum atomic E-state index is 12.1. The third-order valence-corrected chi connectivity index (χ3v) is 3.82. The van der Waals surface area contributed by atoms with Crippen molar-refractivity contribution in [3.05, 3.63) is 0 Å². The molecule has 1 aliphatic rings. The first kappa shape index (κ1) is 14.1. The average molecular weight is 271 g/mol. The number of carboxylic acid groups (broad SMARTS) is 1. The van der Waals surface area contributed by atoms with Crippen molar-refractivity contribution in [1.29, 1.82) is 0 Å². The van der Waals surface area contributed by atoms with Gasteiger partial charge in [0.25, 0.3) is 0 Å². The highest BCUT2D eigenvalue weighted by molar-refractivity contribution is 8.00. The lowest BCUT2D eigenvalue weighted by Crippen LogP contribution is -2.46. The molecule has 1 rings (SSSR count). The number of nitrogens with zero attached hydrogens (tertiary/aromatic N) is 1. The van der Waals surface area contributed by atoms with Crippen LogP contribution in [0, 0.1) is 0 Å². The van der Waals surface area contributed by atoms with Crippen molar-refractivity contribution in [1.82, 2.24) is 4.90 Å². The first-order chi connectivity index (χ1) is 7.76. The number of alkyl halides is 3. The lowest BCUT2D eigenvalue weighted by molar-refractivity contribution is -0.166. The predicted octanol–water partition coefficient (Wildman–Crippen LogP) is 1.70. The van der Waals surface area contributed by atoms with Crippen LogP contribution in [0.15, 0.2) is 0 Å². The molecule has 1 heterocycles. The molecule has 2 atom stereocenters. The van der Waals surface area contributed by atoms with Gasteiger partial charge < -0.3 is 10.0 Å². The molecule has 17 heavy (non-hydrogen) atoms. The molecule has 8 heteroatoms. The van der Waals surface area contributed by atoms with E-state index in [-0.39, 0.29) is 5.75 Å². The molecule has 2 unspecified atom stereocenters. The van der Waals surface area contributed by atoms with Crippen LogP contribution < -0.4 is 0 Å². The van der Waals surface area contributed by atoms with Crippen LogP contribution in [0.4, 0.5) is 13.2 Å². The molecule has 0 radical (unpaired) electrons. The first-order valence-electron chi connectivity index (χ1n) is 4.98. The summed E-state index contributed by atoms with van der Waals surface area (Å²) in [4.78, 5) is 23.2. The third kappa shape index (κ3) is 3.52. The Morgan fingerprint density at radius 2 is 2.06 bits per heavy atom. The van der Waals surface area contributed by atoms with E-state index in [1.54, 1.807) is 6.92 Å². The van der Waals surface area contributed by atoms with Gasteiger partial charge in [0.15, 0.2) is 0 Å². The van der Waals surface area contributed by atoms with Crippen molar-refractivity contribution in [2.24, 2.45) is 0 Å². The molecule has 0 aromatic heterocycles. The highest BCUT2D eigenvalue weighted by Crippen LogP contribution is 2.33. The van der Waals surface area contributed by atoms with E-state index in [0.717, 1.165) is 4.90 Å². The second-order valence-corrected chi connectivity index (χ2v) is 4.85. The molecule has 0 aromatic rings. The van der Waals surface area contributed by atoms with Crippen LogP contribution >= 0.6 is 11.8 Å². The zero-order valence-corrected chi connectivity index (χ0v) is 9.85. The van der Waals surface area contributed by atoms with Crippen molar-refractivity contribution in [3.8, 4) is 0 Å². The fourth-order valence-corrected chi connectivity index (χ4v) is 3.03. The van der Waals surface area contributed by atoms with E-state index >= 15 is 0 Å². The monoisotopic (exact) mass is 271 g/mol. The van der Waals surface area contributed by atoms with Gasteiger partial charge in [0.05, 0.1) is 5.37 Å². The van der Waals surface area contributed by atoms with Gasteiger partial charge in [-0.25, -0.2) is 4.79 Å². The summed E-state index contributed by atoms with van der Waals surface area (Å²) in [7, 11) is 0. The van der Waals surface area contributed by atoms with Crippen LogP contribution in [0.3, 0.4) is 0 Å². The largest absolute Gasteiger partial charge is 0.480 e. The Balaban J connectivity index is 2.82. The predicted molar refractivity (Wildman–Crippen MR) is 55.5 cm³/mol. The number of carboxylic acids is 1. The Morgan fingerprint density at radius 1 is 1.47 bits per heavy atom. The highest BCUT2D eigenvalue weighted by Gasteiger charge is 2.44. The third-order valence-electron chi connectivity index (χ3n) is 2.37. The molecule has 1 N–H and O–H groups in total. The van der Waals surface area contributed by atoms with Gasteiger partial charge in [0.2, 0.25) is 5.91 Å². The van der Waals surface area contributed by atoms with Gasteiger partial charge >= 0.3 is 12.1 Å². The van der Waals surface area contributed by atoms with Crippen molar-refractivity contribution < 1.29 is 27.9 Å². The Hall–Kier alpha value is -0.920. The van der Waals surface area contributed by atoms with Crippen LogP contribution in [-0.4, -0.2) is 45.2 Å². The Morgan fingerprint density at radius 3 is 2.47 bits per heavy atom. The summed E-state index contributed by atoms with van der Waals surface area (Å²) in [6.45, 7) is 1.70. The Kier molecular flexibility index (Phi) is 4.29. The number of carbonyl (C=O) groups excluding carboxylic acids is 1. The van der Waals surface area contributed by atoms with Crippen molar-refractivity contribution in [2.45, 2.75) is 37.4 Å². The van der Waals surface area contributed by atoms with Crippen LogP contribution in [0.2, 0.25) is 0 Å². The minimum absolute atomic E-state index is 0.136. The second kappa shape index (κ2) is 5.16. The molecule has 1 fully saturated rings. The summed E-state index contributed by atoms with van der Waals surface area (Å²) in [6, 6.07) is -1.15. The summed E-state index contributed by atoms with van der Waals surface area (Å²) in [5.74, 6) is -2.29. The Bertz CT molecular complexity index is 321. The topological polar surface area (TPSA) is 57.6 Å². The van der Waals surface area contributed by atoms with Crippen molar-refractivity contribution >= 4 is 23.6 Å². The lowest BCUT2D eigenvalue weighted by Gasteiger charge is -2.27. The van der Waals surface area contributed by atoms with E-state index in [0.29, 0.717) is 6.42 Å². The van der Waals surface area contributed by atoms with E-state index in [4.69, 9.17) is 5.11 Å². The zero-order chi connectivity index (χ0) is 13.2. The fraction of sp³-hybridized carbons (Fsp3) is 0.778. The molecule has 0 bridgehead atoms. The number of hydrogen-bond donors (Lipinski definition) is 1. The maximum absolute atomic E-state index is 12.1.